The molecule has 1 aliphatic carbocycles. The molecule has 0 heterocycles. The van der Waals surface area contributed by atoms with E-state index in [9.17, 15) is 4.79 Å². The van der Waals surface area contributed by atoms with Crippen LogP contribution in [0.4, 0.5) is 0 Å². The lowest BCUT2D eigenvalue weighted by Gasteiger charge is -2.34. The van der Waals surface area contributed by atoms with E-state index in [-0.39, 0.29) is 12.0 Å². The molecule has 0 aliphatic heterocycles. The van der Waals surface area contributed by atoms with Crippen molar-refractivity contribution in [2.45, 2.75) is 31.7 Å². The van der Waals surface area contributed by atoms with Crippen LogP contribution in [0.5, 0.6) is 0 Å². The van der Waals surface area contributed by atoms with Crippen LogP contribution in [0.2, 0.25) is 5.02 Å². The van der Waals surface area contributed by atoms with E-state index in [1.54, 1.807) is 0 Å². The number of benzene rings is 1. The predicted octanol–water partition coefficient (Wildman–Crippen LogP) is 3.70. The summed E-state index contributed by atoms with van der Waals surface area (Å²) in [6, 6.07) is 7.97. The summed E-state index contributed by atoms with van der Waals surface area (Å²) in [5, 5.41) is 0.759. The van der Waals surface area contributed by atoms with Gasteiger partial charge in [0, 0.05) is 23.4 Å². The Hall–Kier alpha value is -0.860. The molecular formula is C15H20ClNO. The number of hydrogen-bond acceptors (Lipinski definition) is 2. The van der Waals surface area contributed by atoms with Crippen LogP contribution in [0.25, 0.3) is 0 Å². The number of rotatable bonds is 3. The van der Waals surface area contributed by atoms with Crippen LogP contribution in [0.1, 0.15) is 37.3 Å². The summed E-state index contributed by atoms with van der Waals surface area (Å²) in [6.45, 7) is 0. The Morgan fingerprint density at radius 3 is 2.61 bits per heavy atom. The molecule has 1 aromatic rings. The Kier molecular flexibility index (Phi) is 4.41. The Balaban J connectivity index is 2.34. The molecule has 0 aromatic heterocycles. The molecule has 18 heavy (non-hydrogen) atoms. The molecule has 0 spiro atoms. The zero-order chi connectivity index (χ0) is 13.1. The van der Waals surface area contributed by atoms with E-state index >= 15 is 0 Å². The van der Waals surface area contributed by atoms with Crippen molar-refractivity contribution in [2.75, 3.05) is 14.1 Å². The van der Waals surface area contributed by atoms with Crippen molar-refractivity contribution in [2.24, 2.45) is 5.92 Å². The average molecular weight is 266 g/mol. The number of nitrogens with zero attached hydrogens (tertiary/aromatic N) is 1. The second kappa shape index (κ2) is 5.85. The zero-order valence-electron chi connectivity index (χ0n) is 11.0. The molecule has 1 saturated carbocycles. The van der Waals surface area contributed by atoms with E-state index in [1.165, 1.54) is 0 Å². The monoisotopic (exact) mass is 265 g/mol. The topological polar surface area (TPSA) is 20.3 Å². The molecule has 1 aliphatic rings. The smallest absolute Gasteiger partial charge is 0.137 e. The van der Waals surface area contributed by atoms with Gasteiger partial charge in [-0.05, 0) is 38.6 Å². The van der Waals surface area contributed by atoms with E-state index in [4.69, 9.17) is 11.6 Å². The first-order valence-corrected chi connectivity index (χ1v) is 6.92. The highest BCUT2D eigenvalue weighted by Gasteiger charge is 2.33. The van der Waals surface area contributed by atoms with E-state index < -0.39 is 0 Å². The van der Waals surface area contributed by atoms with Gasteiger partial charge < -0.3 is 4.90 Å². The third-order valence-corrected chi connectivity index (χ3v) is 4.11. The maximum atomic E-state index is 12.2. The lowest BCUT2D eigenvalue weighted by molar-refractivity contribution is -0.126. The number of hydrogen-bond donors (Lipinski definition) is 0. The van der Waals surface area contributed by atoms with E-state index in [2.05, 4.69) is 4.90 Å². The average Bonchev–Trinajstić information content (AvgIpc) is 2.34. The van der Waals surface area contributed by atoms with E-state index in [0.717, 1.165) is 36.3 Å². The van der Waals surface area contributed by atoms with Gasteiger partial charge in [-0.3, -0.25) is 4.79 Å². The SMILES string of the molecule is CN(C)C(c1ccccc1Cl)C1CCCCC1=O. The van der Waals surface area contributed by atoms with Gasteiger partial charge in [0.15, 0.2) is 0 Å². The summed E-state index contributed by atoms with van der Waals surface area (Å²) in [6.07, 6.45) is 3.88. The second-order valence-electron chi connectivity index (χ2n) is 5.25. The molecule has 1 fully saturated rings. The number of Topliss-reactive ketones (excluding diaryl/α,β-unsaturated/α-hetero) is 1. The van der Waals surface area contributed by atoms with Crippen LogP contribution < -0.4 is 0 Å². The highest BCUT2D eigenvalue weighted by Crippen LogP contribution is 2.37. The molecule has 0 radical (unpaired) electrons. The number of ketones is 1. The van der Waals surface area contributed by atoms with Crippen LogP contribution in [-0.4, -0.2) is 24.8 Å². The lowest BCUT2D eigenvalue weighted by Crippen LogP contribution is -2.34. The minimum absolute atomic E-state index is 0.0913. The number of carbonyl (C=O) groups excluding carboxylic acids is 1. The van der Waals surface area contributed by atoms with Crippen molar-refractivity contribution < 1.29 is 4.79 Å². The van der Waals surface area contributed by atoms with E-state index in [0.29, 0.717) is 5.78 Å². The van der Waals surface area contributed by atoms with Crippen molar-refractivity contribution in [3.05, 3.63) is 34.9 Å². The Morgan fingerprint density at radius 2 is 2.00 bits per heavy atom. The van der Waals surface area contributed by atoms with Crippen molar-refractivity contribution in [1.82, 2.24) is 4.90 Å². The third kappa shape index (κ3) is 2.76. The summed E-state index contributed by atoms with van der Waals surface area (Å²) >= 11 is 6.29. The van der Waals surface area contributed by atoms with Crippen molar-refractivity contribution in [3.63, 3.8) is 0 Å². The first-order chi connectivity index (χ1) is 8.61. The van der Waals surface area contributed by atoms with Gasteiger partial charge in [0.25, 0.3) is 0 Å². The molecule has 0 bridgehead atoms. The summed E-state index contributed by atoms with van der Waals surface area (Å²) in [5.41, 5.74) is 1.07. The number of halogens is 1. The standard InChI is InChI=1S/C15H20ClNO/c1-17(2)15(11-7-3-5-9-13(11)16)12-8-4-6-10-14(12)18/h3,5,7,9,12,15H,4,6,8,10H2,1-2H3. The first kappa shape index (κ1) is 13.6. The molecule has 0 amide bonds. The molecule has 3 heteroatoms. The van der Waals surface area contributed by atoms with Crippen LogP contribution in [0.3, 0.4) is 0 Å². The van der Waals surface area contributed by atoms with Crippen molar-refractivity contribution in [3.8, 4) is 0 Å². The molecule has 2 rings (SSSR count). The minimum Gasteiger partial charge on any atom is -0.302 e. The van der Waals surface area contributed by atoms with Gasteiger partial charge >= 0.3 is 0 Å². The van der Waals surface area contributed by atoms with Crippen LogP contribution in [0.15, 0.2) is 24.3 Å². The minimum atomic E-state index is 0.0913. The molecule has 98 valence electrons. The third-order valence-electron chi connectivity index (χ3n) is 3.76. The Bertz CT molecular complexity index is 430. The fraction of sp³-hybridized carbons (Fsp3) is 0.533. The van der Waals surface area contributed by atoms with Crippen LogP contribution in [-0.2, 0) is 4.79 Å². The Labute approximate surface area is 114 Å². The van der Waals surface area contributed by atoms with Gasteiger partial charge in [0.2, 0.25) is 0 Å². The normalized spacial score (nSPS) is 22.2. The second-order valence-corrected chi connectivity index (χ2v) is 5.66. The van der Waals surface area contributed by atoms with Crippen molar-refractivity contribution >= 4 is 17.4 Å². The highest BCUT2D eigenvalue weighted by atomic mass is 35.5. The van der Waals surface area contributed by atoms with Gasteiger partial charge in [-0.15, -0.1) is 0 Å². The number of carbonyl (C=O) groups is 1. The van der Waals surface area contributed by atoms with Gasteiger partial charge in [-0.1, -0.05) is 36.2 Å². The van der Waals surface area contributed by atoms with E-state index in [1.807, 2.05) is 38.4 Å². The largest absolute Gasteiger partial charge is 0.302 e. The first-order valence-electron chi connectivity index (χ1n) is 6.55. The summed E-state index contributed by atoms with van der Waals surface area (Å²) in [5.74, 6) is 0.480. The maximum absolute atomic E-state index is 12.2. The molecule has 2 atom stereocenters. The molecule has 1 aromatic carbocycles. The van der Waals surface area contributed by atoms with Gasteiger partial charge in [0.05, 0.1) is 0 Å². The molecular weight excluding hydrogens is 246 g/mol. The molecule has 2 unspecified atom stereocenters. The summed E-state index contributed by atoms with van der Waals surface area (Å²) < 4.78 is 0. The molecule has 2 nitrogen and oxygen atoms in total. The maximum Gasteiger partial charge on any atom is 0.137 e. The lowest BCUT2D eigenvalue weighted by atomic mass is 9.79. The quantitative estimate of drug-likeness (QED) is 0.831. The van der Waals surface area contributed by atoms with Gasteiger partial charge in [-0.2, -0.15) is 0 Å². The van der Waals surface area contributed by atoms with Gasteiger partial charge in [0.1, 0.15) is 5.78 Å². The summed E-state index contributed by atoms with van der Waals surface area (Å²) in [7, 11) is 4.05. The van der Waals surface area contributed by atoms with Gasteiger partial charge in [-0.25, -0.2) is 0 Å². The molecule has 0 N–H and O–H groups in total. The van der Waals surface area contributed by atoms with Crippen LogP contribution in [0, 0.1) is 5.92 Å². The molecule has 0 saturated heterocycles. The summed E-state index contributed by atoms with van der Waals surface area (Å²) in [4.78, 5) is 14.3. The van der Waals surface area contributed by atoms with Crippen molar-refractivity contribution in [1.29, 1.82) is 0 Å². The highest BCUT2D eigenvalue weighted by molar-refractivity contribution is 6.31. The predicted molar refractivity (Wildman–Crippen MR) is 74.8 cm³/mol. The fourth-order valence-corrected chi connectivity index (χ4v) is 3.16. The Morgan fingerprint density at radius 1 is 1.28 bits per heavy atom. The van der Waals surface area contributed by atoms with Crippen LogP contribution >= 0.6 is 11.6 Å². The fourth-order valence-electron chi connectivity index (χ4n) is 2.91. The zero-order valence-corrected chi connectivity index (χ0v) is 11.8.